The summed E-state index contributed by atoms with van der Waals surface area (Å²) in [4.78, 5) is 13.4. The van der Waals surface area contributed by atoms with E-state index in [-0.39, 0.29) is 5.12 Å². The highest BCUT2D eigenvalue weighted by Gasteiger charge is 2.07. The third kappa shape index (κ3) is 13.7. The van der Waals surface area contributed by atoms with Crippen molar-refractivity contribution in [3.63, 3.8) is 0 Å². The number of hydrogen-bond donors (Lipinski definition) is 0. The summed E-state index contributed by atoms with van der Waals surface area (Å²) >= 11 is 1.30. The molecule has 0 N–H and O–H groups in total. The van der Waals surface area contributed by atoms with Gasteiger partial charge in [0.1, 0.15) is 0 Å². The van der Waals surface area contributed by atoms with Crippen molar-refractivity contribution in [2.24, 2.45) is 5.92 Å². The molecule has 0 heterocycles. The fourth-order valence-corrected chi connectivity index (χ4v) is 5.05. The quantitative estimate of drug-likeness (QED) is 0.160. The predicted octanol–water partition coefficient (Wildman–Crippen LogP) is 10.3. The first-order valence-electron chi connectivity index (χ1n) is 13.5. The van der Waals surface area contributed by atoms with Crippen molar-refractivity contribution in [2.45, 2.75) is 115 Å². The van der Waals surface area contributed by atoms with Gasteiger partial charge in [0.25, 0.3) is 0 Å². The molecule has 0 saturated carbocycles. The maximum atomic E-state index is 12.4. The Morgan fingerprint density at radius 2 is 1.12 bits per heavy atom. The van der Waals surface area contributed by atoms with Crippen molar-refractivity contribution >= 4 is 16.9 Å². The van der Waals surface area contributed by atoms with Crippen molar-refractivity contribution in [3.8, 4) is 0 Å². The van der Waals surface area contributed by atoms with Crippen molar-refractivity contribution in [1.29, 1.82) is 0 Å². The number of thioether (sulfide) groups is 1. The van der Waals surface area contributed by atoms with E-state index < -0.39 is 0 Å². The van der Waals surface area contributed by atoms with E-state index in [2.05, 4.69) is 26.0 Å². The summed E-state index contributed by atoms with van der Waals surface area (Å²) < 4.78 is 0. The molecule has 2 heteroatoms. The minimum Gasteiger partial charge on any atom is -0.281 e. The summed E-state index contributed by atoms with van der Waals surface area (Å²) in [5.41, 5.74) is 2.14. The van der Waals surface area contributed by atoms with Crippen LogP contribution in [0.5, 0.6) is 0 Å². The van der Waals surface area contributed by atoms with Crippen LogP contribution in [0.25, 0.3) is 0 Å². The minimum absolute atomic E-state index is 0.120. The van der Waals surface area contributed by atoms with E-state index >= 15 is 0 Å². The molecule has 0 fully saturated rings. The molecule has 182 valence electrons. The van der Waals surface area contributed by atoms with Crippen LogP contribution in [0.1, 0.15) is 120 Å². The monoisotopic (exact) mass is 466 g/mol. The molecule has 0 aliphatic heterocycles. The number of aryl methyl sites for hydroxylation is 1. The van der Waals surface area contributed by atoms with E-state index in [4.69, 9.17) is 0 Å². The molecule has 0 radical (unpaired) electrons. The van der Waals surface area contributed by atoms with Crippen LogP contribution < -0.4 is 0 Å². The number of hydrogen-bond acceptors (Lipinski definition) is 2. The second kappa shape index (κ2) is 17.9. The van der Waals surface area contributed by atoms with Gasteiger partial charge >= 0.3 is 0 Å². The molecule has 0 atom stereocenters. The number of unbranched alkanes of at least 4 members (excludes halogenated alkanes) is 12. The third-order valence-corrected chi connectivity index (χ3v) is 7.32. The molecule has 0 aromatic heterocycles. The topological polar surface area (TPSA) is 17.1 Å². The lowest BCUT2D eigenvalue weighted by molar-refractivity contribution is 0.108. The van der Waals surface area contributed by atoms with E-state index in [1.165, 1.54) is 107 Å². The van der Waals surface area contributed by atoms with E-state index in [9.17, 15) is 4.79 Å². The number of carbonyl (C=O) groups excluding carboxylic acids is 1. The van der Waals surface area contributed by atoms with Gasteiger partial charge in [0.15, 0.2) is 0 Å². The summed E-state index contributed by atoms with van der Waals surface area (Å²) in [7, 11) is 0. The Morgan fingerprint density at radius 1 is 0.636 bits per heavy atom. The van der Waals surface area contributed by atoms with Crippen molar-refractivity contribution in [2.75, 3.05) is 0 Å². The molecule has 0 saturated heterocycles. The molecule has 0 unspecified atom stereocenters. The molecule has 2 aromatic rings. The fraction of sp³-hybridized carbons (Fsp3) is 0.581. The summed E-state index contributed by atoms with van der Waals surface area (Å²) in [6.07, 6.45) is 20.7. The van der Waals surface area contributed by atoms with E-state index in [0.717, 1.165) is 22.8 Å². The Labute approximate surface area is 208 Å². The Hall–Kier alpha value is -1.54. The van der Waals surface area contributed by atoms with Gasteiger partial charge in [-0.25, -0.2) is 0 Å². The maximum Gasteiger partial charge on any atom is 0.224 e. The Morgan fingerprint density at radius 3 is 1.64 bits per heavy atom. The van der Waals surface area contributed by atoms with Crippen LogP contribution in [0, 0.1) is 5.92 Å². The fourth-order valence-electron chi connectivity index (χ4n) is 4.29. The molecule has 0 aliphatic rings. The molecule has 2 rings (SSSR count). The first kappa shape index (κ1) is 27.7. The zero-order valence-electron chi connectivity index (χ0n) is 21.2. The molecule has 0 aliphatic carbocycles. The van der Waals surface area contributed by atoms with Gasteiger partial charge < -0.3 is 0 Å². The zero-order valence-corrected chi connectivity index (χ0v) is 22.0. The Bertz CT molecular complexity index is 735. The second-order valence-corrected chi connectivity index (χ2v) is 11.0. The highest BCUT2D eigenvalue weighted by Crippen LogP contribution is 2.23. The Kier molecular flexibility index (Phi) is 15.0. The summed E-state index contributed by atoms with van der Waals surface area (Å²) in [5.74, 6) is 0.873. The average Bonchev–Trinajstić information content (AvgIpc) is 2.82. The zero-order chi connectivity index (χ0) is 23.6. The van der Waals surface area contributed by atoms with Crippen LogP contribution in [-0.4, -0.2) is 5.12 Å². The van der Waals surface area contributed by atoms with E-state index in [0.29, 0.717) is 0 Å². The molecule has 2 aromatic carbocycles. The maximum absolute atomic E-state index is 12.4. The lowest BCUT2D eigenvalue weighted by Crippen LogP contribution is -1.94. The molecular formula is C31H46OS. The van der Waals surface area contributed by atoms with Gasteiger partial charge in [0.2, 0.25) is 5.12 Å². The van der Waals surface area contributed by atoms with Crippen molar-refractivity contribution < 1.29 is 4.79 Å². The third-order valence-electron chi connectivity index (χ3n) is 6.39. The molecule has 33 heavy (non-hydrogen) atoms. The van der Waals surface area contributed by atoms with E-state index in [1.807, 2.05) is 42.5 Å². The normalized spacial score (nSPS) is 11.2. The number of rotatable bonds is 18. The van der Waals surface area contributed by atoms with Gasteiger partial charge in [-0.3, -0.25) is 4.79 Å². The van der Waals surface area contributed by atoms with Crippen LogP contribution in [0.3, 0.4) is 0 Å². The van der Waals surface area contributed by atoms with Crippen LogP contribution >= 0.6 is 11.8 Å². The lowest BCUT2D eigenvalue weighted by atomic mass is 10.0. The average molecular weight is 467 g/mol. The van der Waals surface area contributed by atoms with Crippen molar-refractivity contribution in [3.05, 3.63) is 65.7 Å². The first-order chi connectivity index (χ1) is 16.1. The second-order valence-electron chi connectivity index (χ2n) is 9.93. The van der Waals surface area contributed by atoms with E-state index in [1.54, 1.807) is 0 Å². The smallest absolute Gasteiger partial charge is 0.224 e. The summed E-state index contributed by atoms with van der Waals surface area (Å²) in [6.45, 7) is 4.66. The minimum atomic E-state index is 0.120. The number of benzene rings is 2. The van der Waals surface area contributed by atoms with Crippen molar-refractivity contribution in [1.82, 2.24) is 0 Å². The molecule has 0 bridgehead atoms. The number of carbonyl (C=O) groups is 1. The highest BCUT2D eigenvalue weighted by molar-refractivity contribution is 8.14. The molecular weight excluding hydrogens is 420 g/mol. The summed E-state index contributed by atoms with van der Waals surface area (Å²) in [5, 5.41) is 0.120. The van der Waals surface area contributed by atoms with Gasteiger partial charge in [-0.2, -0.15) is 0 Å². The van der Waals surface area contributed by atoms with Gasteiger partial charge in [-0.1, -0.05) is 140 Å². The first-order valence-corrected chi connectivity index (χ1v) is 14.3. The molecule has 0 spiro atoms. The SMILES string of the molecule is CC(C)CCCCCCCCCCCCCCCc1ccc(C(=O)Sc2ccccc2)cc1. The van der Waals surface area contributed by atoms with Gasteiger partial charge in [-0.05, 0) is 48.2 Å². The predicted molar refractivity (Wildman–Crippen MR) is 146 cm³/mol. The Balaban J connectivity index is 1.41. The van der Waals surface area contributed by atoms with Gasteiger partial charge in [0, 0.05) is 10.5 Å². The van der Waals surface area contributed by atoms with Crippen LogP contribution in [0.2, 0.25) is 0 Å². The van der Waals surface area contributed by atoms with Gasteiger partial charge in [0.05, 0.1) is 0 Å². The lowest BCUT2D eigenvalue weighted by Gasteiger charge is -2.05. The molecule has 1 nitrogen and oxygen atoms in total. The standard InChI is InChI=1S/C31H46OS/c1-27(2)19-15-12-10-8-6-4-3-5-7-9-11-13-16-20-28-23-25-29(26-24-28)31(32)33-30-21-17-14-18-22-30/h14,17-18,21-27H,3-13,15-16,19-20H2,1-2H3. The molecule has 0 amide bonds. The van der Waals surface area contributed by atoms with Crippen LogP contribution in [0.15, 0.2) is 59.5 Å². The van der Waals surface area contributed by atoms with Gasteiger partial charge in [-0.15, -0.1) is 0 Å². The van der Waals surface area contributed by atoms with Crippen LogP contribution in [-0.2, 0) is 6.42 Å². The van der Waals surface area contributed by atoms with Crippen LogP contribution in [0.4, 0.5) is 0 Å². The summed E-state index contributed by atoms with van der Waals surface area (Å²) in [6, 6.07) is 18.1. The highest BCUT2D eigenvalue weighted by atomic mass is 32.2. The largest absolute Gasteiger partial charge is 0.281 e.